The number of fused-ring (bicyclic) bond motifs is 1. The predicted molar refractivity (Wildman–Crippen MR) is 79.6 cm³/mol. The van der Waals surface area contributed by atoms with Crippen molar-refractivity contribution in [3.05, 3.63) is 11.5 Å². The lowest BCUT2D eigenvalue weighted by molar-refractivity contribution is -0.126. The molecule has 7 nitrogen and oxygen atoms in total. The number of hydrogen-bond acceptors (Lipinski definition) is 4. The number of ether oxygens (including phenoxy) is 1. The van der Waals surface area contributed by atoms with Crippen molar-refractivity contribution < 1.29 is 18.7 Å². The molecule has 0 radical (unpaired) electrons. The van der Waals surface area contributed by atoms with E-state index in [1.54, 1.807) is 4.90 Å². The van der Waals surface area contributed by atoms with Gasteiger partial charge < -0.3 is 15.0 Å². The number of carbonyl (C=O) groups excluding carboxylic acids is 2. The van der Waals surface area contributed by atoms with E-state index in [0.29, 0.717) is 39.1 Å². The molecule has 0 bridgehead atoms. The van der Waals surface area contributed by atoms with Crippen LogP contribution in [-0.2, 0) is 11.3 Å². The van der Waals surface area contributed by atoms with Crippen LogP contribution in [0.2, 0.25) is 0 Å². The van der Waals surface area contributed by atoms with E-state index in [4.69, 9.17) is 4.74 Å². The quantitative estimate of drug-likeness (QED) is 0.892. The minimum Gasteiger partial charge on any atom is -0.474 e. The summed E-state index contributed by atoms with van der Waals surface area (Å²) in [7, 11) is 0. The molecular weight excluding hydrogens is 303 g/mol. The molecule has 126 valence electrons. The molecule has 2 aliphatic heterocycles. The third-order valence-corrected chi connectivity index (χ3v) is 4.18. The van der Waals surface area contributed by atoms with E-state index in [1.807, 2.05) is 13.8 Å². The number of rotatable bonds is 3. The SMILES string of the molecule is CC(C)NC(=O)C1CCN(C(=O)c2nn3c(c2F)OCC3)CC1. The van der Waals surface area contributed by atoms with Gasteiger partial charge >= 0.3 is 0 Å². The zero-order chi connectivity index (χ0) is 16.6. The number of piperidine rings is 1. The predicted octanol–water partition coefficient (Wildman–Crippen LogP) is 0.791. The maximum absolute atomic E-state index is 14.2. The number of likely N-dealkylation sites (tertiary alicyclic amines) is 1. The van der Waals surface area contributed by atoms with Gasteiger partial charge in [0.15, 0.2) is 5.69 Å². The number of aromatic nitrogens is 2. The van der Waals surface area contributed by atoms with Crippen molar-refractivity contribution in [2.24, 2.45) is 5.92 Å². The summed E-state index contributed by atoms with van der Waals surface area (Å²) in [6, 6.07) is 0.101. The van der Waals surface area contributed by atoms with Gasteiger partial charge in [-0.2, -0.15) is 9.49 Å². The van der Waals surface area contributed by atoms with Crippen molar-refractivity contribution in [2.45, 2.75) is 39.3 Å². The first-order valence-corrected chi connectivity index (χ1v) is 7.96. The smallest absolute Gasteiger partial charge is 0.277 e. The monoisotopic (exact) mass is 324 g/mol. The molecule has 2 amide bonds. The summed E-state index contributed by atoms with van der Waals surface area (Å²) in [5, 5.41) is 6.89. The lowest BCUT2D eigenvalue weighted by Crippen LogP contribution is -2.44. The minimum absolute atomic E-state index is 0.0210. The number of nitrogens with one attached hydrogen (secondary N) is 1. The van der Waals surface area contributed by atoms with E-state index in [9.17, 15) is 14.0 Å². The van der Waals surface area contributed by atoms with Crippen molar-refractivity contribution in [3.63, 3.8) is 0 Å². The highest BCUT2D eigenvalue weighted by Crippen LogP contribution is 2.26. The fraction of sp³-hybridized carbons (Fsp3) is 0.667. The number of hydrogen-bond donors (Lipinski definition) is 1. The zero-order valence-electron chi connectivity index (χ0n) is 13.3. The van der Waals surface area contributed by atoms with Crippen LogP contribution in [-0.4, -0.2) is 52.2 Å². The molecule has 1 aromatic rings. The Morgan fingerprint density at radius 3 is 2.61 bits per heavy atom. The fourth-order valence-electron chi connectivity index (χ4n) is 2.98. The standard InChI is InChI=1S/C15H21FN4O3/c1-9(2)17-13(21)10-3-5-19(6-4-10)14(22)12-11(16)15-20(18-12)7-8-23-15/h9-10H,3-8H2,1-2H3,(H,17,21). The number of carbonyl (C=O) groups is 2. The van der Waals surface area contributed by atoms with Gasteiger partial charge in [0.2, 0.25) is 17.6 Å². The van der Waals surface area contributed by atoms with Crippen LogP contribution < -0.4 is 10.1 Å². The second-order valence-corrected chi connectivity index (χ2v) is 6.27. The van der Waals surface area contributed by atoms with Crippen LogP contribution in [0.1, 0.15) is 37.2 Å². The zero-order valence-corrected chi connectivity index (χ0v) is 13.3. The lowest BCUT2D eigenvalue weighted by Gasteiger charge is -2.31. The van der Waals surface area contributed by atoms with Gasteiger partial charge in [0.25, 0.3) is 5.91 Å². The van der Waals surface area contributed by atoms with Crippen molar-refractivity contribution in [2.75, 3.05) is 19.7 Å². The van der Waals surface area contributed by atoms with Gasteiger partial charge in [-0.3, -0.25) is 9.59 Å². The Kier molecular flexibility index (Phi) is 4.23. The van der Waals surface area contributed by atoms with Crippen molar-refractivity contribution >= 4 is 11.8 Å². The molecule has 0 aromatic carbocycles. The van der Waals surface area contributed by atoms with Crippen molar-refractivity contribution in [1.29, 1.82) is 0 Å². The maximum atomic E-state index is 14.2. The first-order valence-electron chi connectivity index (χ1n) is 7.96. The van der Waals surface area contributed by atoms with Crippen LogP contribution in [0.25, 0.3) is 0 Å². The molecule has 0 atom stereocenters. The Hall–Kier alpha value is -2.12. The van der Waals surface area contributed by atoms with E-state index < -0.39 is 11.7 Å². The molecule has 1 N–H and O–H groups in total. The molecule has 23 heavy (non-hydrogen) atoms. The van der Waals surface area contributed by atoms with E-state index in [-0.39, 0.29) is 29.4 Å². The molecule has 3 rings (SSSR count). The second-order valence-electron chi connectivity index (χ2n) is 6.27. The highest BCUT2D eigenvalue weighted by Gasteiger charge is 2.33. The summed E-state index contributed by atoms with van der Waals surface area (Å²) in [5.41, 5.74) is -0.190. The van der Waals surface area contributed by atoms with Crippen LogP contribution in [0.3, 0.4) is 0 Å². The molecule has 1 aromatic heterocycles. The molecule has 2 aliphatic rings. The number of halogens is 1. The van der Waals surface area contributed by atoms with E-state index >= 15 is 0 Å². The van der Waals surface area contributed by atoms with Gasteiger partial charge in [-0.05, 0) is 26.7 Å². The maximum Gasteiger partial charge on any atom is 0.277 e. The molecule has 1 fully saturated rings. The summed E-state index contributed by atoms with van der Waals surface area (Å²) in [4.78, 5) is 26.0. The normalized spacial score (nSPS) is 18.0. The summed E-state index contributed by atoms with van der Waals surface area (Å²) in [6.45, 7) is 5.52. The summed E-state index contributed by atoms with van der Waals surface area (Å²) < 4.78 is 20.7. The van der Waals surface area contributed by atoms with Gasteiger partial charge in [-0.1, -0.05) is 0 Å². The molecule has 0 spiro atoms. The first-order chi connectivity index (χ1) is 11.0. The molecule has 8 heteroatoms. The Bertz CT molecular complexity index is 620. The minimum atomic E-state index is -0.688. The largest absolute Gasteiger partial charge is 0.474 e. The summed E-state index contributed by atoms with van der Waals surface area (Å²) >= 11 is 0. The van der Waals surface area contributed by atoms with E-state index in [0.717, 1.165) is 0 Å². The van der Waals surface area contributed by atoms with E-state index in [1.165, 1.54) is 4.68 Å². The van der Waals surface area contributed by atoms with Crippen molar-refractivity contribution in [1.82, 2.24) is 20.0 Å². The van der Waals surface area contributed by atoms with Crippen LogP contribution >= 0.6 is 0 Å². The number of nitrogens with zero attached hydrogens (tertiary/aromatic N) is 3. The molecule has 0 aliphatic carbocycles. The highest BCUT2D eigenvalue weighted by atomic mass is 19.1. The molecular formula is C15H21FN4O3. The van der Waals surface area contributed by atoms with Gasteiger partial charge in [0.05, 0.1) is 6.54 Å². The Morgan fingerprint density at radius 2 is 2.00 bits per heavy atom. The van der Waals surface area contributed by atoms with Crippen LogP contribution in [0.4, 0.5) is 4.39 Å². The van der Waals surface area contributed by atoms with Gasteiger partial charge in [0.1, 0.15) is 6.61 Å². The topological polar surface area (TPSA) is 76.5 Å². The highest BCUT2D eigenvalue weighted by molar-refractivity contribution is 5.93. The van der Waals surface area contributed by atoms with Gasteiger partial charge in [0, 0.05) is 25.0 Å². The van der Waals surface area contributed by atoms with E-state index in [2.05, 4.69) is 10.4 Å². The number of amides is 2. The summed E-state index contributed by atoms with van der Waals surface area (Å²) in [6.07, 6.45) is 1.16. The lowest BCUT2D eigenvalue weighted by atomic mass is 9.95. The third kappa shape index (κ3) is 3.02. The first kappa shape index (κ1) is 15.8. The van der Waals surface area contributed by atoms with Gasteiger partial charge in [-0.25, -0.2) is 4.68 Å². The average molecular weight is 324 g/mol. The molecule has 0 saturated carbocycles. The molecule has 1 saturated heterocycles. The van der Waals surface area contributed by atoms with Crippen LogP contribution in [0, 0.1) is 11.7 Å². The second kappa shape index (κ2) is 6.17. The van der Waals surface area contributed by atoms with Crippen molar-refractivity contribution in [3.8, 4) is 5.88 Å². The average Bonchev–Trinajstić information content (AvgIpc) is 3.09. The molecule has 0 unspecified atom stereocenters. The Morgan fingerprint density at radius 1 is 1.30 bits per heavy atom. The van der Waals surface area contributed by atoms with Gasteiger partial charge in [-0.15, -0.1) is 0 Å². The van der Waals surface area contributed by atoms with Crippen LogP contribution in [0.5, 0.6) is 5.88 Å². The Labute approximate surface area is 133 Å². The third-order valence-electron chi connectivity index (χ3n) is 4.18. The molecule has 3 heterocycles. The fourth-order valence-corrected chi connectivity index (χ4v) is 2.98. The Balaban J connectivity index is 1.62. The summed E-state index contributed by atoms with van der Waals surface area (Å²) in [5.74, 6) is -1.16. The van der Waals surface area contributed by atoms with Crippen LogP contribution in [0.15, 0.2) is 0 Å².